The van der Waals surface area contributed by atoms with Gasteiger partial charge in [-0.05, 0) is 49.4 Å². The van der Waals surface area contributed by atoms with Gasteiger partial charge in [-0.25, -0.2) is 16.8 Å². The molecule has 2 aromatic rings. The van der Waals surface area contributed by atoms with E-state index in [0.717, 1.165) is 12.1 Å². The summed E-state index contributed by atoms with van der Waals surface area (Å²) in [6, 6.07) is 7.48. The highest BCUT2D eigenvalue weighted by molar-refractivity contribution is 7.93. The summed E-state index contributed by atoms with van der Waals surface area (Å²) in [5, 5.41) is 3.04. The van der Waals surface area contributed by atoms with Crippen molar-refractivity contribution in [2.45, 2.75) is 22.2 Å². The Morgan fingerprint density at radius 3 is 2.00 bits per heavy atom. The Morgan fingerprint density at radius 2 is 1.48 bits per heavy atom. The molecule has 6 nitrogen and oxygen atoms in total. The Bertz CT molecular complexity index is 1040. The van der Waals surface area contributed by atoms with Crippen molar-refractivity contribution < 1.29 is 30.0 Å². The lowest BCUT2D eigenvalue weighted by molar-refractivity contribution is -0.0435. The van der Waals surface area contributed by atoms with E-state index in [4.69, 9.17) is 11.6 Å². The number of hydrogen-bond donors (Lipinski definition) is 2. The van der Waals surface area contributed by atoms with E-state index in [2.05, 4.69) is 10.0 Å². The van der Waals surface area contributed by atoms with Gasteiger partial charge in [-0.2, -0.15) is 13.2 Å². The molecule has 0 aliphatic carbocycles. The van der Waals surface area contributed by atoms with Crippen LogP contribution in [0.25, 0.3) is 0 Å². The van der Waals surface area contributed by atoms with Crippen LogP contribution in [0, 0.1) is 0 Å². The summed E-state index contributed by atoms with van der Waals surface area (Å²) in [5.41, 5.74) is -5.73. The molecular weight excluding hydrogens is 429 g/mol. The zero-order valence-electron chi connectivity index (χ0n) is 13.7. The van der Waals surface area contributed by atoms with Crippen molar-refractivity contribution in [1.29, 1.82) is 0 Å². The molecule has 0 bridgehead atoms. The van der Waals surface area contributed by atoms with E-state index in [-0.39, 0.29) is 16.3 Å². The van der Waals surface area contributed by atoms with Crippen LogP contribution >= 0.6 is 11.6 Å². The Balaban J connectivity index is 2.53. The highest BCUT2D eigenvalue weighted by atomic mass is 35.5. The molecule has 0 aromatic heterocycles. The highest BCUT2D eigenvalue weighted by Gasteiger charge is 2.47. The van der Waals surface area contributed by atoms with E-state index < -0.39 is 30.3 Å². The lowest BCUT2D eigenvalue weighted by Crippen LogP contribution is -2.23. The average Bonchev–Trinajstić information content (AvgIpc) is 2.55. The maximum atomic E-state index is 12.8. The molecule has 0 saturated heterocycles. The van der Waals surface area contributed by atoms with Crippen LogP contribution in [0.5, 0.6) is 0 Å². The molecule has 2 aromatic carbocycles. The smallest absolute Gasteiger partial charge is 0.384 e. The predicted molar refractivity (Wildman–Crippen MR) is 96.1 cm³/mol. The van der Waals surface area contributed by atoms with Gasteiger partial charge in [0.05, 0.1) is 21.2 Å². The Hall–Kier alpha value is -1.98. The van der Waals surface area contributed by atoms with E-state index in [1.54, 1.807) is 6.92 Å². The Labute approximate surface area is 159 Å². The van der Waals surface area contributed by atoms with Crippen molar-refractivity contribution in [2.75, 3.05) is 16.6 Å². The van der Waals surface area contributed by atoms with Crippen LogP contribution in [0.2, 0.25) is 5.02 Å². The van der Waals surface area contributed by atoms with Gasteiger partial charge in [0.25, 0.3) is 19.9 Å². The highest BCUT2D eigenvalue weighted by Crippen LogP contribution is 2.34. The molecule has 0 fully saturated rings. The van der Waals surface area contributed by atoms with Crippen LogP contribution in [0.3, 0.4) is 0 Å². The Kier molecular flexibility index (Phi) is 5.97. The first kappa shape index (κ1) is 21.3. The summed E-state index contributed by atoms with van der Waals surface area (Å²) in [7, 11) is -9.83. The number of hydrogen-bond acceptors (Lipinski definition) is 5. The maximum Gasteiger partial charge on any atom is 0.501 e. The summed E-state index contributed by atoms with van der Waals surface area (Å²) in [6.07, 6.45) is 0. The quantitative estimate of drug-likeness (QED) is 0.708. The van der Waals surface area contributed by atoms with Crippen molar-refractivity contribution in [3.8, 4) is 0 Å². The normalized spacial score (nSPS) is 12.6. The fraction of sp³-hybridized carbons (Fsp3) is 0.200. The van der Waals surface area contributed by atoms with Gasteiger partial charge in [-0.3, -0.25) is 4.72 Å². The van der Waals surface area contributed by atoms with Gasteiger partial charge in [-0.1, -0.05) is 11.6 Å². The molecule has 0 aliphatic rings. The fourth-order valence-electron chi connectivity index (χ4n) is 2.07. The number of alkyl halides is 3. The van der Waals surface area contributed by atoms with Crippen LogP contribution in [-0.2, 0) is 19.9 Å². The molecule has 0 atom stereocenters. The van der Waals surface area contributed by atoms with E-state index in [1.165, 1.54) is 24.3 Å². The lowest BCUT2D eigenvalue weighted by Gasteiger charge is -2.16. The van der Waals surface area contributed by atoms with E-state index in [9.17, 15) is 30.0 Å². The SMILES string of the molecule is CCNc1ccc(S(=O)(=O)C(F)(F)F)cc1NS(=O)(=O)c1ccc(Cl)cc1. The molecule has 27 heavy (non-hydrogen) atoms. The number of anilines is 2. The second kappa shape index (κ2) is 7.56. The topological polar surface area (TPSA) is 92.3 Å². The molecule has 12 heteroatoms. The van der Waals surface area contributed by atoms with Crippen LogP contribution in [0.1, 0.15) is 6.92 Å². The van der Waals surface area contributed by atoms with Gasteiger partial charge in [0.2, 0.25) is 0 Å². The molecule has 0 heterocycles. The average molecular weight is 443 g/mol. The second-order valence-electron chi connectivity index (χ2n) is 5.25. The van der Waals surface area contributed by atoms with Crippen LogP contribution in [0.4, 0.5) is 24.5 Å². The van der Waals surface area contributed by atoms with Crippen LogP contribution in [0.15, 0.2) is 52.3 Å². The second-order valence-corrected chi connectivity index (χ2v) is 9.31. The summed E-state index contributed by atoms with van der Waals surface area (Å²) in [6.45, 7) is 2.00. The maximum absolute atomic E-state index is 12.8. The third-order valence-corrected chi connectivity index (χ3v) is 6.46. The summed E-state index contributed by atoms with van der Waals surface area (Å²) in [4.78, 5) is -1.27. The minimum atomic E-state index is -5.64. The van der Waals surface area contributed by atoms with Crippen molar-refractivity contribution in [1.82, 2.24) is 0 Å². The minimum absolute atomic E-state index is 0.121. The third kappa shape index (κ3) is 4.66. The van der Waals surface area contributed by atoms with Gasteiger partial charge in [0.15, 0.2) is 0 Å². The minimum Gasteiger partial charge on any atom is -0.384 e. The largest absolute Gasteiger partial charge is 0.501 e. The number of halogens is 4. The molecule has 148 valence electrons. The van der Waals surface area contributed by atoms with Crippen molar-refractivity contribution >= 4 is 42.8 Å². The Morgan fingerprint density at radius 1 is 0.926 bits per heavy atom. The molecule has 2 N–H and O–H groups in total. The number of nitrogens with one attached hydrogen (secondary N) is 2. The molecular formula is C15H14ClF3N2O4S2. The van der Waals surface area contributed by atoms with Crippen molar-refractivity contribution in [3.05, 3.63) is 47.5 Å². The van der Waals surface area contributed by atoms with Crippen LogP contribution < -0.4 is 10.0 Å². The van der Waals surface area contributed by atoms with E-state index in [0.29, 0.717) is 17.6 Å². The van der Waals surface area contributed by atoms with Gasteiger partial charge >= 0.3 is 5.51 Å². The lowest BCUT2D eigenvalue weighted by atomic mass is 10.2. The number of benzene rings is 2. The van der Waals surface area contributed by atoms with Crippen molar-refractivity contribution in [3.63, 3.8) is 0 Å². The molecule has 0 saturated carbocycles. The standard InChI is InChI=1S/C15H14ClF3N2O4S2/c1-2-20-13-8-7-12(26(22,23)15(17,18)19)9-14(13)21-27(24,25)11-5-3-10(16)4-6-11/h3-9,20-21H,2H2,1H3. The van der Waals surface area contributed by atoms with Gasteiger partial charge < -0.3 is 5.32 Å². The predicted octanol–water partition coefficient (Wildman–Crippen LogP) is 3.87. The van der Waals surface area contributed by atoms with Crippen molar-refractivity contribution in [2.24, 2.45) is 0 Å². The number of sulfone groups is 1. The third-order valence-electron chi connectivity index (χ3n) is 3.34. The molecule has 0 amide bonds. The monoisotopic (exact) mass is 442 g/mol. The summed E-state index contributed by atoms with van der Waals surface area (Å²) >= 11 is 5.70. The molecule has 0 radical (unpaired) electrons. The summed E-state index contributed by atoms with van der Waals surface area (Å²) < 4.78 is 88.6. The van der Waals surface area contributed by atoms with E-state index in [1.807, 2.05) is 0 Å². The molecule has 0 unspecified atom stereocenters. The first-order valence-electron chi connectivity index (χ1n) is 7.36. The van der Waals surface area contributed by atoms with Crippen LogP contribution in [-0.4, -0.2) is 28.9 Å². The summed E-state index contributed by atoms with van der Waals surface area (Å²) in [5.74, 6) is 0. The molecule has 2 rings (SSSR count). The van der Waals surface area contributed by atoms with Gasteiger partial charge in [0.1, 0.15) is 0 Å². The van der Waals surface area contributed by atoms with Gasteiger partial charge in [0, 0.05) is 11.6 Å². The number of rotatable bonds is 6. The number of sulfonamides is 1. The zero-order chi connectivity index (χ0) is 20.5. The zero-order valence-corrected chi connectivity index (χ0v) is 16.1. The first-order valence-corrected chi connectivity index (χ1v) is 10.7. The first-order chi connectivity index (χ1) is 12.4. The van der Waals surface area contributed by atoms with Gasteiger partial charge in [-0.15, -0.1) is 0 Å². The van der Waals surface area contributed by atoms with E-state index >= 15 is 0 Å². The molecule has 0 aliphatic heterocycles. The fourth-order valence-corrected chi connectivity index (χ4v) is 4.05. The molecule has 0 spiro atoms.